The van der Waals surface area contributed by atoms with Gasteiger partial charge in [-0.1, -0.05) is 5.16 Å². The van der Waals surface area contributed by atoms with Crippen molar-refractivity contribution in [2.75, 3.05) is 20.2 Å². The molecule has 1 saturated heterocycles. The molecule has 2 rings (SSSR count). The van der Waals surface area contributed by atoms with Crippen molar-refractivity contribution >= 4 is 0 Å². The Kier molecular flexibility index (Phi) is 4.15. The first kappa shape index (κ1) is 12.5. The molecule has 0 amide bonds. The number of nitrogens with two attached hydrogens (primary N) is 1. The number of rotatable bonds is 5. The summed E-state index contributed by atoms with van der Waals surface area (Å²) >= 11 is 0. The van der Waals surface area contributed by atoms with Crippen molar-refractivity contribution in [3.8, 4) is 0 Å². The van der Waals surface area contributed by atoms with Gasteiger partial charge in [0.25, 0.3) is 0 Å². The van der Waals surface area contributed by atoms with Crippen LogP contribution in [0.4, 0.5) is 0 Å². The molecule has 5 nitrogen and oxygen atoms in total. The van der Waals surface area contributed by atoms with Gasteiger partial charge >= 0.3 is 0 Å². The standard InChI is InChI=1S/C12H21N3O2/c1-9-3-10(5-13)6-15(9)7-11-4-12(8-16-2)17-14-11/h4,9-10H,3,5-8,13H2,1-2H3. The molecule has 1 fully saturated rings. The number of ether oxygens (including phenoxy) is 1. The van der Waals surface area contributed by atoms with Gasteiger partial charge < -0.3 is 15.0 Å². The molecule has 2 N–H and O–H groups in total. The fraction of sp³-hybridized carbons (Fsp3) is 0.750. The molecule has 1 aliphatic heterocycles. The molecule has 0 saturated carbocycles. The van der Waals surface area contributed by atoms with E-state index >= 15 is 0 Å². The molecule has 2 atom stereocenters. The Morgan fingerprint density at radius 1 is 1.65 bits per heavy atom. The third-order valence-corrected chi connectivity index (χ3v) is 3.38. The van der Waals surface area contributed by atoms with E-state index in [0.29, 0.717) is 18.6 Å². The summed E-state index contributed by atoms with van der Waals surface area (Å²) in [7, 11) is 1.65. The highest BCUT2D eigenvalue weighted by molar-refractivity contribution is 5.05. The Balaban J connectivity index is 1.91. The van der Waals surface area contributed by atoms with Gasteiger partial charge in [-0.3, -0.25) is 4.90 Å². The summed E-state index contributed by atoms with van der Waals surface area (Å²) in [6.45, 7) is 5.39. The van der Waals surface area contributed by atoms with Crippen molar-refractivity contribution in [3.05, 3.63) is 17.5 Å². The van der Waals surface area contributed by atoms with Crippen molar-refractivity contribution in [3.63, 3.8) is 0 Å². The quantitative estimate of drug-likeness (QED) is 0.830. The summed E-state index contributed by atoms with van der Waals surface area (Å²) in [6.07, 6.45) is 1.18. The zero-order valence-corrected chi connectivity index (χ0v) is 10.6. The van der Waals surface area contributed by atoms with E-state index in [4.69, 9.17) is 15.0 Å². The minimum Gasteiger partial charge on any atom is -0.377 e. The zero-order chi connectivity index (χ0) is 12.3. The second-order valence-corrected chi connectivity index (χ2v) is 4.83. The Bertz CT molecular complexity index is 353. The molecular weight excluding hydrogens is 218 g/mol. The van der Waals surface area contributed by atoms with Crippen LogP contribution in [-0.4, -0.2) is 36.3 Å². The van der Waals surface area contributed by atoms with E-state index in [1.165, 1.54) is 6.42 Å². The number of likely N-dealkylation sites (tertiary alicyclic amines) is 1. The summed E-state index contributed by atoms with van der Waals surface area (Å²) in [4.78, 5) is 2.41. The van der Waals surface area contributed by atoms with Crippen molar-refractivity contribution in [1.82, 2.24) is 10.1 Å². The Labute approximate surface area is 102 Å². The topological polar surface area (TPSA) is 64.5 Å². The molecule has 1 aromatic rings. The maximum absolute atomic E-state index is 5.72. The highest BCUT2D eigenvalue weighted by atomic mass is 16.5. The van der Waals surface area contributed by atoms with Crippen molar-refractivity contribution in [2.45, 2.75) is 32.5 Å². The summed E-state index contributed by atoms with van der Waals surface area (Å²) in [5.74, 6) is 1.40. The third kappa shape index (κ3) is 3.06. The average molecular weight is 239 g/mol. The lowest BCUT2D eigenvalue weighted by Crippen LogP contribution is -2.27. The maximum atomic E-state index is 5.72. The highest BCUT2D eigenvalue weighted by Crippen LogP contribution is 2.23. The van der Waals surface area contributed by atoms with Crippen LogP contribution in [0.2, 0.25) is 0 Å². The second-order valence-electron chi connectivity index (χ2n) is 4.83. The molecule has 0 spiro atoms. The zero-order valence-electron chi connectivity index (χ0n) is 10.6. The molecular formula is C12H21N3O2. The van der Waals surface area contributed by atoms with Gasteiger partial charge in [0, 0.05) is 32.3 Å². The summed E-state index contributed by atoms with van der Waals surface area (Å²) in [6, 6.07) is 2.54. The number of methoxy groups -OCH3 is 1. The molecule has 2 unspecified atom stereocenters. The average Bonchev–Trinajstić information content (AvgIpc) is 2.88. The van der Waals surface area contributed by atoms with Crippen molar-refractivity contribution in [2.24, 2.45) is 11.7 Å². The Morgan fingerprint density at radius 2 is 2.47 bits per heavy atom. The number of aromatic nitrogens is 1. The first-order valence-electron chi connectivity index (χ1n) is 6.10. The van der Waals surface area contributed by atoms with Gasteiger partial charge in [0.15, 0.2) is 5.76 Å². The van der Waals surface area contributed by atoms with Gasteiger partial charge in [-0.15, -0.1) is 0 Å². The van der Waals surface area contributed by atoms with Crippen LogP contribution >= 0.6 is 0 Å². The monoisotopic (exact) mass is 239 g/mol. The van der Waals surface area contributed by atoms with Crippen LogP contribution in [0.5, 0.6) is 0 Å². The lowest BCUT2D eigenvalue weighted by molar-refractivity contribution is 0.155. The third-order valence-electron chi connectivity index (χ3n) is 3.38. The molecule has 0 aromatic carbocycles. The molecule has 17 heavy (non-hydrogen) atoms. The van der Waals surface area contributed by atoms with Gasteiger partial charge in [0.1, 0.15) is 6.61 Å². The molecule has 0 radical (unpaired) electrons. The molecule has 5 heteroatoms. The van der Waals surface area contributed by atoms with Gasteiger partial charge in [0.2, 0.25) is 0 Å². The van der Waals surface area contributed by atoms with Gasteiger partial charge in [-0.2, -0.15) is 0 Å². The van der Waals surface area contributed by atoms with Gasteiger partial charge in [-0.05, 0) is 25.8 Å². The Morgan fingerprint density at radius 3 is 3.12 bits per heavy atom. The molecule has 0 bridgehead atoms. The molecule has 2 heterocycles. The van der Waals surface area contributed by atoms with Crippen LogP contribution in [0.15, 0.2) is 10.6 Å². The van der Waals surface area contributed by atoms with Crippen molar-refractivity contribution < 1.29 is 9.26 Å². The number of hydrogen-bond donors (Lipinski definition) is 1. The van der Waals surface area contributed by atoms with E-state index in [-0.39, 0.29) is 0 Å². The van der Waals surface area contributed by atoms with Crippen molar-refractivity contribution in [1.29, 1.82) is 0 Å². The van der Waals surface area contributed by atoms with E-state index < -0.39 is 0 Å². The first-order valence-corrected chi connectivity index (χ1v) is 6.10. The summed E-state index contributed by atoms with van der Waals surface area (Å²) in [5.41, 5.74) is 6.69. The molecule has 1 aliphatic rings. The molecule has 0 aliphatic carbocycles. The van der Waals surface area contributed by atoms with Crippen LogP contribution in [0.25, 0.3) is 0 Å². The van der Waals surface area contributed by atoms with E-state index in [1.807, 2.05) is 6.07 Å². The van der Waals surface area contributed by atoms with Crippen LogP contribution in [0.1, 0.15) is 24.8 Å². The smallest absolute Gasteiger partial charge is 0.162 e. The summed E-state index contributed by atoms with van der Waals surface area (Å²) in [5, 5.41) is 4.06. The number of hydrogen-bond acceptors (Lipinski definition) is 5. The molecule has 1 aromatic heterocycles. The normalized spacial score (nSPS) is 25.6. The minimum atomic E-state index is 0.480. The van der Waals surface area contributed by atoms with E-state index in [2.05, 4.69) is 17.0 Å². The van der Waals surface area contributed by atoms with Gasteiger partial charge in [-0.25, -0.2) is 0 Å². The largest absolute Gasteiger partial charge is 0.377 e. The SMILES string of the molecule is COCc1cc(CN2CC(CN)CC2C)no1. The minimum absolute atomic E-state index is 0.480. The Hall–Kier alpha value is -0.910. The van der Waals surface area contributed by atoms with E-state index in [9.17, 15) is 0 Å². The fourth-order valence-corrected chi connectivity index (χ4v) is 2.46. The second kappa shape index (κ2) is 5.62. The maximum Gasteiger partial charge on any atom is 0.162 e. The van der Waals surface area contributed by atoms with E-state index in [0.717, 1.165) is 31.1 Å². The lowest BCUT2D eigenvalue weighted by atomic mass is 10.1. The molecule has 96 valence electrons. The predicted octanol–water partition coefficient (Wildman–Crippen LogP) is 0.990. The van der Waals surface area contributed by atoms with E-state index in [1.54, 1.807) is 7.11 Å². The van der Waals surface area contributed by atoms with Crippen LogP contribution in [0, 0.1) is 5.92 Å². The fourth-order valence-electron chi connectivity index (χ4n) is 2.46. The summed E-state index contributed by atoms with van der Waals surface area (Å²) < 4.78 is 10.2. The number of nitrogens with zero attached hydrogens (tertiary/aromatic N) is 2. The lowest BCUT2D eigenvalue weighted by Gasteiger charge is -2.19. The van der Waals surface area contributed by atoms with Crippen LogP contribution in [0.3, 0.4) is 0 Å². The van der Waals surface area contributed by atoms with Crippen LogP contribution < -0.4 is 5.73 Å². The first-order chi connectivity index (χ1) is 8.22. The van der Waals surface area contributed by atoms with Gasteiger partial charge in [0.05, 0.1) is 5.69 Å². The predicted molar refractivity (Wildman–Crippen MR) is 64.2 cm³/mol. The van der Waals surface area contributed by atoms with Crippen LogP contribution in [-0.2, 0) is 17.9 Å². The highest BCUT2D eigenvalue weighted by Gasteiger charge is 2.28.